The number of rotatable bonds is 2. The van der Waals surface area contributed by atoms with Gasteiger partial charge < -0.3 is 5.32 Å². The first-order valence-electron chi connectivity index (χ1n) is 7.41. The van der Waals surface area contributed by atoms with Gasteiger partial charge in [-0.1, -0.05) is 20.8 Å². The third-order valence-corrected chi connectivity index (χ3v) is 5.32. The number of nitrogens with zero attached hydrogens (tertiary/aromatic N) is 4. The number of hydrogen-bond acceptors (Lipinski definition) is 6. The molecule has 4 heterocycles. The lowest BCUT2D eigenvalue weighted by molar-refractivity contribution is 0.103. The standard InChI is InChI=1S/C16H15N5OS2/c1-16(2,3)14-17-7-9(8-18-14)19-12(22)11-6-10-13(24-11)20-15-21(10)4-5-23-15/h4-8H,1-3H3,(H,19,22). The number of fused-ring (bicyclic) bond motifs is 3. The molecular weight excluding hydrogens is 342 g/mol. The van der Waals surface area contributed by atoms with Crippen molar-refractivity contribution in [2.45, 2.75) is 26.2 Å². The third-order valence-electron chi connectivity index (χ3n) is 3.54. The van der Waals surface area contributed by atoms with Gasteiger partial charge in [0.2, 0.25) is 0 Å². The van der Waals surface area contributed by atoms with Crippen molar-refractivity contribution in [2.24, 2.45) is 0 Å². The molecule has 0 radical (unpaired) electrons. The fourth-order valence-corrected chi connectivity index (χ4v) is 4.03. The number of aromatic nitrogens is 4. The van der Waals surface area contributed by atoms with Crippen molar-refractivity contribution >= 4 is 49.6 Å². The van der Waals surface area contributed by atoms with Crippen LogP contribution in [0.3, 0.4) is 0 Å². The van der Waals surface area contributed by atoms with Crippen LogP contribution in [-0.2, 0) is 5.41 Å². The molecule has 0 aliphatic carbocycles. The molecule has 0 atom stereocenters. The number of amides is 1. The lowest BCUT2D eigenvalue weighted by Crippen LogP contribution is -2.17. The van der Waals surface area contributed by atoms with Crippen LogP contribution in [0, 0.1) is 0 Å². The minimum atomic E-state index is -0.172. The van der Waals surface area contributed by atoms with Gasteiger partial charge >= 0.3 is 0 Å². The molecule has 0 aliphatic rings. The van der Waals surface area contributed by atoms with Crippen molar-refractivity contribution in [1.82, 2.24) is 19.4 Å². The molecule has 24 heavy (non-hydrogen) atoms. The second-order valence-corrected chi connectivity index (χ2v) is 8.37. The Morgan fingerprint density at radius 2 is 2.00 bits per heavy atom. The second kappa shape index (κ2) is 5.35. The van der Waals surface area contributed by atoms with Crippen LogP contribution in [0.25, 0.3) is 15.3 Å². The molecule has 6 nitrogen and oxygen atoms in total. The summed E-state index contributed by atoms with van der Waals surface area (Å²) in [5.74, 6) is 0.574. The predicted octanol–water partition coefficient (Wildman–Crippen LogP) is 3.95. The van der Waals surface area contributed by atoms with E-state index in [2.05, 4.69) is 20.3 Å². The molecule has 0 bridgehead atoms. The molecule has 0 saturated carbocycles. The molecule has 4 aromatic rings. The van der Waals surface area contributed by atoms with E-state index >= 15 is 0 Å². The number of nitrogens with one attached hydrogen (secondary N) is 1. The van der Waals surface area contributed by atoms with Gasteiger partial charge in [-0.05, 0) is 6.07 Å². The second-order valence-electron chi connectivity index (χ2n) is 6.47. The largest absolute Gasteiger partial charge is 0.319 e. The van der Waals surface area contributed by atoms with Crippen molar-refractivity contribution in [3.63, 3.8) is 0 Å². The number of thiazole rings is 1. The molecule has 0 spiro atoms. The number of carbonyl (C=O) groups is 1. The van der Waals surface area contributed by atoms with Crippen molar-refractivity contribution in [3.05, 3.63) is 40.7 Å². The molecule has 8 heteroatoms. The van der Waals surface area contributed by atoms with Gasteiger partial charge in [0, 0.05) is 17.0 Å². The molecule has 1 amide bonds. The SMILES string of the molecule is CC(C)(C)c1ncc(NC(=O)c2cc3c(nc4sccn43)s2)cn1. The van der Waals surface area contributed by atoms with E-state index in [1.54, 1.807) is 23.7 Å². The summed E-state index contributed by atoms with van der Waals surface area (Å²) in [4.78, 5) is 28.0. The number of hydrogen-bond donors (Lipinski definition) is 1. The van der Waals surface area contributed by atoms with Crippen molar-refractivity contribution in [2.75, 3.05) is 5.32 Å². The number of anilines is 1. The van der Waals surface area contributed by atoms with E-state index in [1.807, 2.05) is 42.8 Å². The molecule has 0 aromatic carbocycles. The van der Waals surface area contributed by atoms with Crippen LogP contribution in [0.1, 0.15) is 36.3 Å². The highest BCUT2D eigenvalue weighted by atomic mass is 32.1. The Hall–Kier alpha value is -2.32. The quantitative estimate of drug-likeness (QED) is 0.589. The van der Waals surface area contributed by atoms with E-state index in [0.29, 0.717) is 10.6 Å². The summed E-state index contributed by atoms with van der Waals surface area (Å²) in [5.41, 5.74) is 1.43. The van der Waals surface area contributed by atoms with Crippen LogP contribution >= 0.6 is 22.7 Å². The Kier molecular flexibility index (Phi) is 3.40. The summed E-state index contributed by atoms with van der Waals surface area (Å²) in [6, 6.07) is 1.87. The Bertz CT molecular complexity index is 1040. The van der Waals surface area contributed by atoms with Crippen molar-refractivity contribution in [3.8, 4) is 0 Å². The summed E-state index contributed by atoms with van der Waals surface area (Å²) in [6.45, 7) is 6.15. The topological polar surface area (TPSA) is 72.2 Å². The van der Waals surface area contributed by atoms with Crippen molar-refractivity contribution in [1.29, 1.82) is 0 Å². The normalized spacial score (nSPS) is 12.1. The molecule has 0 saturated heterocycles. The molecule has 1 N–H and O–H groups in total. The van der Waals surface area contributed by atoms with Crippen LogP contribution in [-0.4, -0.2) is 25.3 Å². The summed E-state index contributed by atoms with van der Waals surface area (Å²) in [6.07, 6.45) is 5.24. The van der Waals surface area contributed by atoms with E-state index in [0.717, 1.165) is 21.1 Å². The first-order chi connectivity index (χ1) is 11.4. The van der Waals surface area contributed by atoms with E-state index in [1.165, 1.54) is 11.3 Å². The lowest BCUT2D eigenvalue weighted by atomic mass is 9.96. The highest BCUT2D eigenvalue weighted by Crippen LogP contribution is 2.28. The summed E-state index contributed by atoms with van der Waals surface area (Å²) in [5, 5.41) is 4.82. The molecule has 122 valence electrons. The summed E-state index contributed by atoms with van der Waals surface area (Å²) in [7, 11) is 0. The maximum atomic E-state index is 12.4. The van der Waals surface area contributed by atoms with Gasteiger partial charge in [0.25, 0.3) is 5.91 Å². The van der Waals surface area contributed by atoms with Gasteiger partial charge in [0.1, 0.15) is 10.7 Å². The number of imidazole rings is 1. The van der Waals surface area contributed by atoms with Gasteiger partial charge in [-0.3, -0.25) is 9.20 Å². The highest BCUT2D eigenvalue weighted by molar-refractivity contribution is 7.21. The maximum Gasteiger partial charge on any atom is 0.265 e. The third kappa shape index (κ3) is 2.57. The fraction of sp³-hybridized carbons (Fsp3) is 0.250. The van der Waals surface area contributed by atoms with Crippen LogP contribution < -0.4 is 5.32 Å². The van der Waals surface area contributed by atoms with Gasteiger partial charge in [-0.2, -0.15) is 0 Å². The van der Waals surface area contributed by atoms with Gasteiger partial charge in [0.15, 0.2) is 4.96 Å². The Morgan fingerprint density at radius 3 is 2.71 bits per heavy atom. The molecule has 0 unspecified atom stereocenters. The molecular formula is C16H15N5OS2. The lowest BCUT2D eigenvalue weighted by Gasteiger charge is -2.16. The zero-order valence-electron chi connectivity index (χ0n) is 13.4. The zero-order valence-corrected chi connectivity index (χ0v) is 15.0. The number of thiophene rings is 1. The predicted molar refractivity (Wildman–Crippen MR) is 97.1 cm³/mol. The van der Waals surface area contributed by atoms with Crippen LogP contribution in [0.4, 0.5) is 5.69 Å². The minimum Gasteiger partial charge on any atom is -0.319 e. The minimum absolute atomic E-state index is 0.117. The van der Waals surface area contributed by atoms with Crippen LogP contribution in [0.5, 0.6) is 0 Å². The van der Waals surface area contributed by atoms with Gasteiger partial charge in [-0.25, -0.2) is 15.0 Å². The van der Waals surface area contributed by atoms with Crippen molar-refractivity contribution < 1.29 is 4.79 Å². The zero-order chi connectivity index (χ0) is 16.9. The maximum absolute atomic E-state index is 12.4. The van der Waals surface area contributed by atoms with Gasteiger partial charge in [-0.15, -0.1) is 22.7 Å². The monoisotopic (exact) mass is 357 g/mol. The van der Waals surface area contributed by atoms with E-state index in [-0.39, 0.29) is 11.3 Å². The molecule has 4 rings (SSSR count). The summed E-state index contributed by atoms with van der Waals surface area (Å²) >= 11 is 2.96. The molecule has 0 aliphatic heterocycles. The smallest absolute Gasteiger partial charge is 0.265 e. The Morgan fingerprint density at radius 1 is 1.25 bits per heavy atom. The highest BCUT2D eigenvalue weighted by Gasteiger charge is 2.18. The van der Waals surface area contributed by atoms with E-state index in [4.69, 9.17) is 0 Å². The fourth-order valence-electron chi connectivity index (χ4n) is 2.33. The Labute approximate surface area is 146 Å². The number of carbonyl (C=O) groups excluding carboxylic acids is 1. The van der Waals surface area contributed by atoms with E-state index in [9.17, 15) is 4.79 Å². The van der Waals surface area contributed by atoms with Crippen LogP contribution in [0.2, 0.25) is 0 Å². The molecule has 0 fully saturated rings. The molecule has 4 aromatic heterocycles. The first-order valence-corrected chi connectivity index (χ1v) is 9.10. The Balaban J connectivity index is 1.58. The first kappa shape index (κ1) is 15.2. The summed E-state index contributed by atoms with van der Waals surface area (Å²) < 4.78 is 1.99. The van der Waals surface area contributed by atoms with Crippen LogP contribution in [0.15, 0.2) is 30.0 Å². The average Bonchev–Trinajstić information content (AvgIpc) is 3.18. The van der Waals surface area contributed by atoms with E-state index < -0.39 is 0 Å². The van der Waals surface area contributed by atoms with Gasteiger partial charge in [0.05, 0.1) is 28.5 Å². The average molecular weight is 357 g/mol.